The molecule has 4 N–H and O–H groups in total. The summed E-state index contributed by atoms with van der Waals surface area (Å²) in [6.45, 7) is 1.80. The molecule has 0 saturated carbocycles. The first kappa shape index (κ1) is 16.7. The first-order valence-electron chi connectivity index (χ1n) is 7.88. The first-order valence-corrected chi connectivity index (χ1v) is 7.88. The molecule has 0 bridgehead atoms. The van der Waals surface area contributed by atoms with E-state index in [0.29, 0.717) is 28.8 Å². The van der Waals surface area contributed by atoms with Gasteiger partial charge in [-0.2, -0.15) is 4.98 Å². The molecular formula is C18H19N5O2. The van der Waals surface area contributed by atoms with E-state index in [0.717, 1.165) is 0 Å². The Morgan fingerprint density at radius 2 is 1.92 bits per heavy atom. The summed E-state index contributed by atoms with van der Waals surface area (Å²) in [6, 6.07) is 13.9. The van der Waals surface area contributed by atoms with Crippen LogP contribution in [0.15, 0.2) is 54.7 Å². The second-order valence-electron chi connectivity index (χ2n) is 5.58. The average molecular weight is 337 g/mol. The largest absolute Gasteiger partial charge is 0.508 e. The van der Waals surface area contributed by atoms with E-state index in [1.807, 2.05) is 31.2 Å². The van der Waals surface area contributed by atoms with E-state index < -0.39 is 0 Å². The number of anilines is 3. The molecule has 0 aliphatic heterocycles. The molecule has 7 nitrogen and oxygen atoms in total. The van der Waals surface area contributed by atoms with E-state index in [4.69, 9.17) is 0 Å². The van der Waals surface area contributed by atoms with Gasteiger partial charge in [0, 0.05) is 30.1 Å². The number of nitrogens with one attached hydrogen (secondary N) is 2. The molecule has 2 aromatic heterocycles. The molecule has 1 atom stereocenters. The van der Waals surface area contributed by atoms with Gasteiger partial charge < -0.3 is 20.8 Å². The summed E-state index contributed by atoms with van der Waals surface area (Å²) in [6.07, 6.45) is 1.70. The van der Waals surface area contributed by atoms with Crippen molar-refractivity contribution in [3.63, 3.8) is 0 Å². The fourth-order valence-corrected chi connectivity index (χ4v) is 2.22. The molecule has 128 valence electrons. The van der Waals surface area contributed by atoms with Gasteiger partial charge in [0.15, 0.2) is 0 Å². The molecule has 3 aromatic rings. The van der Waals surface area contributed by atoms with Crippen LogP contribution in [0.3, 0.4) is 0 Å². The highest BCUT2D eigenvalue weighted by atomic mass is 16.3. The SMILES string of the molecule is C[C@H](CO)Nc1nc(Nc2cccc(O)c2)cc(-c2ccccn2)n1. The van der Waals surface area contributed by atoms with Gasteiger partial charge in [-0.25, -0.2) is 4.98 Å². The van der Waals surface area contributed by atoms with Crippen molar-refractivity contribution in [1.82, 2.24) is 15.0 Å². The van der Waals surface area contributed by atoms with Gasteiger partial charge in [0.25, 0.3) is 0 Å². The Morgan fingerprint density at radius 3 is 2.64 bits per heavy atom. The Balaban J connectivity index is 1.97. The fourth-order valence-electron chi connectivity index (χ4n) is 2.22. The number of aliphatic hydroxyl groups excluding tert-OH is 1. The summed E-state index contributed by atoms with van der Waals surface area (Å²) >= 11 is 0. The lowest BCUT2D eigenvalue weighted by molar-refractivity contribution is 0.281. The lowest BCUT2D eigenvalue weighted by atomic mass is 10.2. The molecular weight excluding hydrogens is 318 g/mol. The van der Waals surface area contributed by atoms with Gasteiger partial charge in [-0.05, 0) is 31.2 Å². The Labute approximate surface area is 145 Å². The molecule has 0 spiro atoms. The van der Waals surface area contributed by atoms with Crippen LogP contribution >= 0.6 is 0 Å². The minimum atomic E-state index is -0.187. The summed E-state index contributed by atoms with van der Waals surface area (Å²) in [4.78, 5) is 13.2. The van der Waals surface area contributed by atoms with Crippen LogP contribution in [-0.2, 0) is 0 Å². The Bertz CT molecular complexity index is 842. The highest BCUT2D eigenvalue weighted by molar-refractivity contribution is 5.65. The zero-order valence-corrected chi connectivity index (χ0v) is 13.7. The smallest absolute Gasteiger partial charge is 0.225 e. The van der Waals surface area contributed by atoms with Gasteiger partial charge in [-0.3, -0.25) is 4.98 Å². The zero-order valence-electron chi connectivity index (χ0n) is 13.7. The van der Waals surface area contributed by atoms with E-state index in [-0.39, 0.29) is 18.4 Å². The zero-order chi connectivity index (χ0) is 17.6. The fraction of sp³-hybridized carbons (Fsp3) is 0.167. The van der Waals surface area contributed by atoms with Gasteiger partial charge in [0.1, 0.15) is 11.6 Å². The number of aliphatic hydroxyl groups is 1. The summed E-state index contributed by atoms with van der Waals surface area (Å²) < 4.78 is 0. The summed E-state index contributed by atoms with van der Waals surface area (Å²) in [5.74, 6) is 1.09. The molecule has 0 amide bonds. The number of pyridine rings is 1. The van der Waals surface area contributed by atoms with Crippen molar-refractivity contribution < 1.29 is 10.2 Å². The standard InChI is InChI=1S/C18H19N5O2/c1-12(11-24)20-18-22-16(15-7-2-3-8-19-15)10-17(23-18)21-13-5-4-6-14(25)9-13/h2-10,12,24-25H,11H2,1H3,(H2,20,21,22,23)/t12-/m1/s1. The third-order valence-electron chi connectivity index (χ3n) is 3.42. The predicted molar refractivity (Wildman–Crippen MR) is 96.8 cm³/mol. The van der Waals surface area contributed by atoms with Gasteiger partial charge in [0.05, 0.1) is 18.0 Å². The normalized spacial score (nSPS) is 11.8. The number of hydrogen-bond donors (Lipinski definition) is 4. The van der Waals surface area contributed by atoms with Crippen LogP contribution in [0.4, 0.5) is 17.5 Å². The van der Waals surface area contributed by atoms with E-state index in [2.05, 4.69) is 25.6 Å². The number of hydrogen-bond acceptors (Lipinski definition) is 7. The Hall–Kier alpha value is -3.19. The molecule has 0 unspecified atom stereocenters. The maximum absolute atomic E-state index is 9.61. The number of aromatic nitrogens is 3. The van der Waals surface area contributed by atoms with Crippen molar-refractivity contribution in [3.05, 3.63) is 54.7 Å². The van der Waals surface area contributed by atoms with Crippen molar-refractivity contribution in [1.29, 1.82) is 0 Å². The Kier molecular flexibility index (Phi) is 5.06. The van der Waals surface area contributed by atoms with Crippen LogP contribution in [-0.4, -0.2) is 37.8 Å². The van der Waals surface area contributed by atoms with Gasteiger partial charge >= 0.3 is 0 Å². The maximum atomic E-state index is 9.61. The molecule has 0 aliphatic carbocycles. The molecule has 0 radical (unpaired) electrons. The molecule has 0 aliphatic rings. The number of aromatic hydroxyl groups is 1. The monoisotopic (exact) mass is 337 g/mol. The molecule has 25 heavy (non-hydrogen) atoms. The van der Waals surface area contributed by atoms with Crippen LogP contribution in [0, 0.1) is 0 Å². The first-order chi connectivity index (χ1) is 12.1. The highest BCUT2D eigenvalue weighted by Gasteiger charge is 2.10. The summed E-state index contributed by atoms with van der Waals surface area (Å²) in [7, 11) is 0. The van der Waals surface area contributed by atoms with Gasteiger partial charge in [0.2, 0.25) is 5.95 Å². The van der Waals surface area contributed by atoms with E-state index in [9.17, 15) is 10.2 Å². The number of phenolic OH excluding ortho intramolecular Hbond substituents is 1. The van der Waals surface area contributed by atoms with E-state index >= 15 is 0 Å². The van der Waals surface area contributed by atoms with Crippen LogP contribution < -0.4 is 10.6 Å². The van der Waals surface area contributed by atoms with Crippen molar-refractivity contribution in [2.75, 3.05) is 17.2 Å². The second-order valence-corrected chi connectivity index (χ2v) is 5.58. The van der Waals surface area contributed by atoms with Gasteiger partial charge in [-0.15, -0.1) is 0 Å². The second kappa shape index (κ2) is 7.59. The Morgan fingerprint density at radius 1 is 1.04 bits per heavy atom. The maximum Gasteiger partial charge on any atom is 0.225 e. The van der Waals surface area contributed by atoms with Crippen LogP contribution in [0.1, 0.15) is 6.92 Å². The summed E-state index contributed by atoms with van der Waals surface area (Å²) in [5, 5.41) is 25.0. The van der Waals surface area contributed by atoms with Crippen molar-refractivity contribution in [3.8, 4) is 17.1 Å². The molecule has 2 heterocycles. The molecule has 3 rings (SSSR count). The predicted octanol–water partition coefficient (Wildman–Crippen LogP) is 2.78. The van der Waals surface area contributed by atoms with Crippen LogP contribution in [0.25, 0.3) is 11.4 Å². The highest BCUT2D eigenvalue weighted by Crippen LogP contribution is 2.24. The minimum Gasteiger partial charge on any atom is -0.508 e. The van der Waals surface area contributed by atoms with Crippen LogP contribution in [0.2, 0.25) is 0 Å². The topological polar surface area (TPSA) is 103 Å². The van der Waals surface area contributed by atoms with Crippen molar-refractivity contribution in [2.24, 2.45) is 0 Å². The molecule has 7 heteroatoms. The number of benzene rings is 1. The van der Waals surface area contributed by atoms with Crippen molar-refractivity contribution >= 4 is 17.5 Å². The van der Waals surface area contributed by atoms with Gasteiger partial charge in [-0.1, -0.05) is 12.1 Å². The summed E-state index contributed by atoms with van der Waals surface area (Å²) in [5.41, 5.74) is 2.06. The number of phenols is 1. The van der Waals surface area contributed by atoms with Crippen molar-refractivity contribution in [2.45, 2.75) is 13.0 Å². The lowest BCUT2D eigenvalue weighted by Gasteiger charge is -2.14. The third kappa shape index (κ3) is 4.42. The quantitative estimate of drug-likeness (QED) is 0.548. The number of rotatable bonds is 6. The minimum absolute atomic E-state index is 0.0352. The number of nitrogens with zero attached hydrogens (tertiary/aromatic N) is 3. The molecule has 0 saturated heterocycles. The molecule has 0 fully saturated rings. The third-order valence-corrected chi connectivity index (χ3v) is 3.42. The van der Waals surface area contributed by atoms with E-state index in [1.165, 1.54) is 0 Å². The lowest BCUT2D eigenvalue weighted by Crippen LogP contribution is -2.21. The van der Waals surface area contributed by atoms with Crippen LogP contribution in [0.5, 0.6) is 5.75 Å². The van der Waals surface area contributed by atoms with E-state index in [1.54, 1.807) is 30.5 Å². The average Bonchev–Trinajstić information content (AvgIpc) is 2.62. The molecule has 1 aromatic carbocycles.